The van der Waals surface area contributed by atoms with Crippen molar-refractivity contribution in [3.8, 4) is 11.5 Å². The van der Waals surface area contributed by atoms with Crippen LogP contribution in [0.4, 0.5) is 11.8 Å². The number of rotatable bonds is 13. The maximum Gasteiger partial charge on any atom is 0.225 e. The highest BCUT2D eigenvalue weighted by Gasteiger charge is 2.23. The molecule has 0 unspecified atom stereocenters. The van der Waals surface area contributed by atoms with Crippen molar-refractivity contribution in [2.24, 2.45) is 0 Å². The van der Waals surface area contributed by atoms with E-state index in [0.717, 1.165) is 80.2 Å². The van der Waals surface area contributed by atoms with Crippen molar-refractivity contribution in [2.45, 2.75) is 58.0 Å². The Morgan fingerprint density at radius 2 is 1.81 bits per heavy atom. The van der Waals surface area contributed by atoms with Crippen LogP contribution in [0.15, 0.2) is 12.1 Å². The van der Waals surface area contributed by atoms with Gasteiger partial charge in [-0.05, 0) is 79.2 Å². The minimum Gasteiger partial charge on any atom is -0.493 e. The average Bonchev–Trinajstić information content (AvgIpc) is 3.40. The molecule has 0 aliphatic carbocycles. The van der Waals surface area contributed by atoms with Crippen LogP contribution in [-0.2, 0) is 0 Å². The Balaban J connectivity index is 1.52. The van der Waals surface area contributed by atoms with Crippen LogP contribution >= 0.6 is 0 Å². The van der Waals surface area contributed by atoms with Gasteiger partial charge >= 0.3 is 0 Å². The Morgan fingerprint density at radius 1 is 1.05 bits per heavy atom. The summed E-state index contributed by atoms with van der Waals surface area (Å²) in [5.41, 5.74) is 0.861. The van der Waals surface area contributed by atoms with Gasteiger partial charge < -0.3 is 34.8 Å². The third-order valence-electron chi connectivity index (χ3n) is 7.50. The van der Waals surface area contributed by atoms with E-state index >= 15 is 0 Å². The third-order valence-corrected chi connectivity index (χ3v) is 7.50. The number of piperidine rings is 1. The lowest BCUT2D eigenvalue weighted by Crippen LogP contribution is -2.42. The Morgan fingerprint density at radius 3 is 2.49 bits per heavy atom. The molecule has 0 spiro atoms. The van der Waals surface area contributed by atoms with Crippen LogP contribution in [0.2, 0.25) is 0 Å². The molecule has 0 saturated carbocycles. The molecular weight excluding hydrogens is 466 g/mol. The van der Waals surface area contributed by atoms with Crippen LogP contribution in [-0.4, -0.2) is 110 Å². The maximum absolute atomic E-state index is 6.21. The van der Waals surface area contributed by atoms with Gasteiger partial charge in [-0.25, -0.2) is 4.98 Å². The molecule has 1 aromatic carbocycles. The van der Waals surface area contributed by atoms with Gasteiger partial charge in [-0.2, -0.15) is 4.98 Å². The summed E-state index contributed by atoms with van der Waals surface area (Å²) >= 11 is 0. The number of aromatic nitrogens is 2. The van der Waals surface area contributed by atoms with Gasteiger partial charge in [0, 0.05) is 56.3 Å². The summed E-state index contributed by atoms with van der Waals surface area (Å²) in [6.45, 7) is 12.6. The van der Waals surface area contributed by atoms with Crippen molar-refractivity contribution in [3.63, 3.8) is 0 Å². The zero-order chi connectivity index (χ0) is 26.2. The van der Waals surface area contributed by atoms with Crippen molar-refractivity contribution in [3.05, 3.63) is 12.1 Å². The van der Waals surface area contributed by atoms with Gasteiger partial charge in [-0.1, -0.05) is 0 Å². The second-order valence-electron chi connectivity index (χ2n) is 10.9. The van der Waals surface area contributed by atoms with Crippen LogP contribution in [0, 0.1) is 0 Å². The zero-order valence-electron chi connectivity index (χ0n) is 23.6. The lowest BCUT2D eigenvalue weighted by Gasteiger charge is -2.35. The van der Waals surface area contributed by atoms with E-state index in [1.165, 1.54) is 25.9 Å². The Bertz CT molecular complexity index is 986. The van der Waals surface area contributed by atoms with Gasteiger partial charge in [0.1, 0.15) is 5.82 Å². The first-order valence-electron chi connectivity index (χ1n) is 14.1. The van der Waals surface area contributed by atoms with E-state index in [-0.39, 0.29) is 0 Å². The van der Waals surface area contributed by atoms with Gasteiger partial charge in [-0.15, -0.1) is 0 Å². The largest absolute Gasteiger partial charge is 0.493 e. The summed E-state index contributed by atoms with van der Waals surface area (Å²) in [5, 5.41) is 8.12. The number of likely N-dealkylation sites (tertiary alicyclic amines) is 2. The van der Waals surface area contributed by atoms with Crippen molar-refractivity contribution < 1.29 is 9.47 Å². The number of methoxy groups -OCH3 is 1. The Hall–Kier alpha value is -2.36. The Kier molecular flexibility index (Phi) is 10.1. The van der Waals surface area contributed by atoms with Gasteiger partial charge in [-0.3, -0.25) is 0 Å². The number of hydrogen-bond acceptors (Lipinski definition) is 9. The van der Waals surface area contributed by atoms with E-state index in [1.54, 1.807) is 7.11 Å². The number of fused-ring (bicyclic) bond motifs is 1. The predicted molar refractivity (Wildman–Crippen MR) is 152 cm³/mol. The fraction of sp³-hybridized carbons (Fsp3) is 0.714. The van der Waals surface area contributed by atoms with Crippen molar-refractivity contribution >= 4 is 22.7 Å². The molecule has 2 N–H and O–H groups in total. The molecule has 0 bridgehead atoms. The molecule has 37 heavy (non-hydrogen) atoms. The van der Waals surface area contributed by atoms with E-state index in [1.807, 2.05) is 12.1 Å². The summed E-state index contributed by atoms with van der Waals surface area (Å²) in [6.07, 6.45) is 5.84. The molecule has 2 saturated heterocycles. The number of nitrogens with zero attached hydrogens (tertiary/aromatic N) is 5. The van der Waals surface area contributed by atoms with Gasteiger partial charge in [0.15, 0.2) is 11.5 Å². The molecule has 9 nitrogen and oxygen atoms in total. The van der Waals surface area contributed by atoms with Gasteiger partial charge in [0.25, 0.3) is 0 Å². The van der Waals surface area contributed by atoms with E-state index in [9.17, 15) is 0 Å². The molecule has 2 aromatic rings. The number of ether oxygens (including phenoxy) is 2. The smallest absolute Gasteiger partial charge is 0.225 e. The van der Waals surface area contributed by atoms with Crippen LogP contribution in [0.3, 0.4) is 0 Å². The number of likely N-dealkylation sites (N-methyl/N-ethyl adjacent to an activating group) is 1. The highest BCUT2D eigenvalue weighted by atomic mass is 16.5. The molecule has 0 radical (unpaired) electrons. The number of nitrogens with one attached hydrogen (secondary N) is 2. The van der Waals surface area contributed by atoms with Crippen LogP contribution in [0.5, 0.6) is 11.5 Å². The van der Waals surface area contributed by atoms with Crippen molar-refractivity contribution in [1.82, 2.24) is 24.7 Å². The predicted octanol–water partition coefficient (Wildman–Crippen LogP) is 3.76. The molecule has 0 atom stereocenters. The SMILES string of the molecule is COc1cc2c(NC3CCN(C(C)C)CC3)nc(NCCN(C)C)nc2cc1OCCCN1CCCC1. The summed E-state index contributed by atoms with van der Waals surface area (Å²) in [4.78, 5) is 17.0. The highest BCUT2D eigenvalue weighted by molar-refractivity contribution is 5.92. The van der Waals surface area contributed by atoms with E-state index in [0.29, 0.717) is 24.6 Å². The fourth-order valence-electron chi connectivity index (χ4n) is 5.22. The Labute approximate surface area is 222 Å². The maximum atomic E-state index is 6.21. The zero-order valence-corrected chi connectivity index (χ0v) is 23.6. The monoisotopic (exact) mass is 513 g/mol. The normalized spacial score (nSPS) is 17.7. The van der Waals surface area contributed by atoms with E-state index < -0.39 is 0 Å². The minimum absolute atomic E-state index is 0.384. The van der Waals surface area contributed by atoms with Gasteiger partial charge in [0.2, 0.25) is 5.95 Å². The first kappa shape index (κ1) is 27.7. The molecule has 1 aromatic heterocycles. The number of hydrogen-bond donors (Lipinski definition) is 2. The van der Waals surface area contributed by atoms with Crippen molar-refractivity contribution in [2.75, 3.05) is 84.3 Å². The van der Waals surface area contributed by atoms with Gasteiger partial charge in [0.05, 0.1) is 19.2 Å². The lowest BCUT2D eigenvalue weighted by atomic mass is 10.0. The first-order chi connectivity index (χ1) is 17.9. The van der Waals surface area contributed by atoms with Crippen molar-refractivity contribution in [1.29, 1.82) is 0 Å². The molecule has 2 fully saturated rings. The standard InChI is InChI=1S/C28H47N7O2/c1-21(2)35-15-9-22(10-16-35)30-27-23-19-25(36-5)26(37-18-8-14-34-12-6-7-13-34)20-24(23)31-28(32-27)29-11-17-33(3)4/h19-22H,6-18H2,1-5H3,(H2,29,30,31,32). The number of benzene rings is 1. The highest BCUT2D eigenvalue weighted by Crippen LogP contribution is 2.35. The van der Waals surface area contributed by atoms with E-state index in [4.69, 9.17) is 19.4 Å². The molecule has 9 heteroatoms. The molecule has 4 rings (SSSR count). The minimum atomic E-state index is 0.384. The van der Waals surface area contributed by atoms with Crippen LogP contribution in [0.25, 0.3) is 10.9 Å². The first-order valence-corrected chi connectivity index (χ1v) is 14.1. The number of anilines is 2. The summed E-state index contributed by atoms with van der Waals surface area (Å²) in [5.74, 6) is 2.97. The fourth-order valence-corrected chi connectivity index (χ4v) is 5.22. The third kappa shape index (κ3) is 7.82. The average molecular weight is 514 g/mol. The van der Waals surface area contributed by atoms with Crippen LogP contribution < -0.4 is 20.1 Å². The second-order valence-corrected chi connectivity index (χ2v) is 10.9. The lowest BCUT2D eigenvalue weighted by molar-refractivity contribution is 0.177. The molecular formula is C28H47N7O2. The summed E-state index contributed by atoms with van der Waals surface area (Å²) < 4.78 is 12.0. The second kappa shape index (κ2) is 13.4. The molecule has 206 valence electrons. The topological polar surface area (TPSA) is 78.0 Å². The molecule has 2 aliphatic rings. The molecule has 0 amide bonds. The molecule has 2 aliphatic heterocycles. The van der Waals surface area contributed by atoms with Crippen LogP contribution in [0.1, 0.15) is 46.0 Å². The molecule has 3 heterocycles. The quantitative estimate of drug-likeness (QED) is 0.389. The van der Waals surface area contributed by atoms with E-state index in [2.05, 4.69) is 53.3 Å². The summed E-state index contributed by atoms with van der Waals surface area (Å²) in [7, 11) is 5.84. The summed E-state index contributed by atoms with van der Waals surface area (Å²) in [6, 6.07) is 5.01.